The quantitative estimate of drug-likeness (QED) is 0.470. The topological polar surface area (TPSA) is 17.1 Å². The largest absolute Gasteiger partial charge is 0.287 e. The Morgan fingerprint density at radius 3 is 2.06 bits per heavy atom. The predicted molar refractivity (Wildman–Crippen MR) is 82.7 cm³/mol. The summed E-state index contributed by atoms with van der Waals surface area (Å²) >= 11 is 3.34. The van der Waals surface area contributed by atoms with Gasteiger partial charge in [-0.15, -0.1) is 0 Å². The zero-order chi connectivity index (χ0) is 13.5. The molecule has 0 spiro atoms. The lowest BCUT2D eigenvalue weighted by molar-refractivity contribution is -0.119. The first-order valence-electron chi connectivity index (χ1n) is 6.50. The van der Waals surface area contributed by atoms with E-state index in [-0.39, 0.29) is 5.41 Å². The van der Waals surface area contributed by atoms with Crippen LogP contribution in [0.15, 0.2) is 0 Å². The Kier molecular flexibility index (Phi) is 7.90. The molecule has 0 aliphatic carbocycles. The highest BCUT2D eigenvalue weighted by Crippen LogP contribution is 2.37. The van der Waals surface area contributed by atoms with Crippen LogP contribution in [0.4, 0.5) is 0 Å². The molecule has 0 fully saturated rings. The summed E-state index contributed by atoms with van der Waals surface area (Å²) in [6.45, 7) is 13.1. The number of carbonyl (C=O) groups excluding carboxylic acids is 1. The van der Waals surface area contributed by atoms with Crippen molar-refractivity contribution in [1.82, 2.24) is 0 Å². The van der Waals surface area contributed by atoms with E-state index in [1.54, 1.807) is 0 Å². The van der Waals surface area contributed by atoms with Crippen LogP contribution in [0.1, 0.15) is 60.8 Å². The van der Waals surface area contributed by atoms with Crippen molar-refractivity contribution >= 4 is 28.6 Å². The number of hydrogen-bond donors (Lipinski definition) is 0. The predicted octanol–water partition coefficient (Wildman–Crippen LogP) is 5.20. The minimum atomic E-state index is -0.133. The Bertz CT molecular complexity index is 233. The van der Waals surface area contributed by atoms with Gasteiger partial charge in [0.25, 0.3) is 0 Å². The van der Waals surface area contributed by atoms with Gasteiger partial charge in [-0.2, -0.15) is 11.8 Å². The highest BCUT2D eigenvalue weighted by molar-refractivity contribution is 8.23. The number of rotatable bonds is 7. The molecule has 0 aromatic carbocycles. The van der Waals surface area contributed by atoms with Crippen molar-refractivity contribution in [3.05, 3.63) is 0 Å². The fraction of sp³-hybridized carbons (Fsp3) is 0.929. The summed E-state index contributed by atoms with van der Waals surface area (Å²) in [5, 5.41) is 1.28. The van der Waals surface area contributed by atoms with Crippen LogP contribution in [0, 0.1) is 10.8 Å². The zero-order valence-electron chi connectivity index (χ0n) is 12.3. The monoisotopic (exact) mass is 276 g/mol. The summed E-state index contributed by atoms with van der Waals surface area (Å²) in [5.74, 6) is 1.09. The van der Waals surface area contributed by atoms with Crippen LogP contribution in [0.3, 0.4) is 0 Å². The van der Waals surface area contributed by atoms with Crippen LogP contribution in [-0.4, -0.2) is 16.0 Å². The average Bonchev–Trinajstić information content (AvgIpc) is 2.25. The molecule has 3 heteroatoms. The first kappa shape index (κ1) is 17.4. The van der Waals surface area contributed by atoms with E-state index in [1.165, 1.54) is 11.8 Å². The third-order valence-corrected chi connectivity index (χ3v) is 5.48. The standard InChI is InChI=1S/C14H28OS2/c1-7-14(6,10-9-13(3,4)5)12(15)17-11-16-8-2/h7-11H2,1-6H3. The summed E-state index contributed by atoms with van der Waals surface area (Å²) in [4.78, 5) is 12.2. The molecule has 0 amide bonds. The van der Waals surface area contributed by atoms with Crippen LogP contribution < -0.4 is 0 Å². The molecule has 0 aromatic heterocycles. The van der Waals surface area contributed by atoms with Gasteiger partial charge >= 0.3 is 0 Å². The molecule has 0 rings (SSSR count). The molecule has 1 nitrogen and oxygen atoms in total. The normalized spacial score (nSPS) is 15.6. The third-order valence-electron chi connectivity index (χ3n) is 3.18. The van der Waals surface area contributed by atoms with Gasteiger partial charge < -0.3 is 0 Å². The second kappa shape index (κ2) is 7.73. The van der Waals surface area contributed by atoms with Crippen molar-refractivity contribution < 1.29 is 4.79 Å². The first-order valence-corrected chi connectivity index (χ1v) is 8.64. The molecule has 0 radical (unpaired) electrons. The van der Waals surface area contributed by atoms with Gasteiger partial charge in [0.1, 0.15) is 0 Å². The van der Waals surface area contributed by atoms with Crippen LogP contribution in [0.5, 0.6) is 0 Å². The molecular formula is C14H28OS2. The molecule has 102 valence electrons. The second-order valence-electron chi connectivity index (χ2n) is 6.02. The van der Waals surface area contributed by atoms with Gasteiger partial charge in [-0.05, 0) is 30.4 Å². The van der Waals surface area contributed by atoms with Crippen molar-refractivity contribution in [2.45, 2.75) is 60.8 Å². The van der Waals surface area contributed by atoms with E-state index in [0.717, 1.165) is 30.1 Å². The molecule has 0 bridgehead atoms. The fourth-order valence-electron chi connectivity index (χ4n) is 1.43. The maximum absolute atomic E-state index is 12.2. The number of carbonyl (C=O) groups is 1. The first-order chi connectivity index (χ1) is 7.75. The van der Waals surface area contributed by atoms with E-state index >= 15 is 0 Å². The van der Waals surface area contributed by atoms with E-state index in [4.69, 9.17) is 0 Å². The van der Waals surface area contributed by atoms with Crippen molar-refractivity contribution in [3.8, 4) is 0 Å². The lowest BCUT2D eigenvalue weighted by atomic mass is 9.78. The summed E-state index contributed by atoms with van der Waals surface area (Å²) in [5.41, 5.74) is 0.186. The molecule has 0 saturated heterocycles. The Labute approximate surface area is 116 Å². The molecule has 0 aliphatic heterocycles. The number of hydrogen-bond acceptors (Lipinski definition) is 3. The van der Waals surface area contributed by atoms with E-state index in [2.05, 4.69) is 41.5 Å². The third kappa shape index (κ3) is 7.40. The van der Waals surface area contributed by atoms with Crippen molar-refractivity contribution in [2.24, 2.45) is 10.8 Å². The van der Waals surface area contributed by atoms with E-state index in [0.29, 0.717) is 10.5 Å². The minimum absolute atomic E-state index is 0.133. The molecular weight excluding hydrogens is 248 g/mol. The molecule has 0 aliphatic rings. The highest BCUT2D eigenvalue weighted by Gasteiger charge is 2.32. The maximum atomic E-state index is 12.2. The van der Waals surface area contributed by atoms with Gasteiger partial charge in [0.15, 0.2) is 5.12 Å². The van der Waals surface area contributed by atoms with E-state index in [9.17, 15) is 4.79 Å². The molecule has 17 heavy (non-hydrogen) atoms. The van der Waals surface area contributed by atoms with E-state index in [1.807, 2.05) is 11.8 Å². The Balaban J connectivity index is 4.29. The van der Waals surface area contributed by atoms with Gasteiger partial charge in [-0.25, -0.2) is 0 Å². The van der Waals surface area contributed by atoms with Crippen LogP contribution in [0.25, 0.3) is 0 Å². The molecule has 0 saturated carbocycles. The Morgan fingerprint density at radius 2 is 1.65 bits per heavy atom. The van der Waals surface area contributed by atoms with Crippen molar-refractivity contribution in [3.63, 3.8) is 0 Å². The Hall–Kier alpha value is 0.370. The maximum Gasteiger partial charge on any atom is 0.195 e. The van der Waals surface area contributed by atoms with Gasteiger partial charge in [-0.1, -0.05) is 53.3 Å². The lowest BCUT2D eigenvalue weighted by Crippen LogP contribution is -2.26. The van der Waals surface area contributed by atoms with Gasteiger partial charge in [0.05, 0.1) is 0 Å². The van der Waals surface area contributed by atoms with Crippen molar-refractivity contribution in [2.75, 3.05) is 10.8 Å². The van der Waals surface area contributed by atoms with Crippen LogP contribution >= 0.6 is 23.5 Å². The SMILES string of the molecule is CCSCSC(=O)C(C)(CC)CCC(C)(C)C. The van der Waals surface area contributed by atoms with E-state index < -0.39 is 0 Å². The minimum Gasteiger partial charge on any atom is -0.287 e. The highest BCUT2D eigenvalue weighted by atomic mass is 32.2. The Morgan fingerprint density at radius 1 is 1.06 bits per heavy atom. The summed E-state index contributed by atoms with van der Waals surface area (Å²) in [7, 11) is 0. The smallest absolute Gasteiger partial charge is 0.195 e. The molecule has 0 aromatic rings. The van der Waals surface area contributed by atoms with Gasteiger partial charge in [0.2, 0.25) is 0 Å². The zero-order valence-corrected chi connectivity index (χ0v) is 13.9. The molecule has 0 N–H and O–H groups in total. The van der Waals surface area contributed by atoms with Crippen LogP contribution in [0.2, 0.25) is 0 Å². The van der Waals surface area contributed by atoms with Crippen molar-refractivity contribution in [1.29, 1.82) is 0 Å². The summed E-state index contributed by atoms with van der Waals surface area (Å²) < 4.78 is 0. The number of thioether (sulfide) groups is 2. The average molecular weight is 277 g/mol. The molecule has 1 unspecified atom stereocenters. The summed E-state index contributed by atoms with van der Waals surface area (Å²) in [6, 6.07) is 0. The lowest BCUT2D eigenvalue weighted by Gasteiger charge is -2.29. The van der Waals surface area contributed by atoms with Crippen LogP contribution in [-0.2, 0) is 4.79 Å². The second-order valence-corrected chi connectivity index (χ2v) is 8.61. The molecule has 0 heterocycles. The van der Waals surface area contributed by atoms with Gasteiger partial charge in [0, 0.05) is 10.5 Å². The fourth-order valence-corrected chi connectivity index (χ4v) is 3.45. The van der Waals surface area contributed by atoms with Gasteiger partial charge in [-0.3, -0.25) is 4.79 Å². The molecule has 1 atom stereocenters. The summed E-state index contributed by atoms with van der Waals surface area (Å²) in [6.07, 6.45) is 3.08.